The van der Waals surface area contributed by atoms with Crippen molar-refractivity contribution in [2.75, 3.05) is 19.6 Å². The van der Waals surface area contributed by atoms with Crippen molar-refractivity contribution in [1.82, 2.24) is 25.0 Å². The number of carbonyl (C=O) groups excluding carboxylic acids is 2. The van der Waals surface area contributed by atoms with Crippen LogP contribution in [0.5, 0.6) is 0 Å². The highest BCUT2D eigenvalue weighted by molar-refractivity contribution is 5.92. The second kappa shape index (κ2) is 8.85. The predicted molar refractivity (Wildman–Crippen MR) is 104 cm³/mol. The molecule has 2 saturated heterocycles. The Morgan fingerprint density at radius 2 is 1.97 bits per heavy atom. The van der Waals surface area contributed by atoms with Crippen molar-refractivity contribution in [3.63, 3.8) is 0 Å². The first kappa shape index (κ1) is 20.5. The number of hydrogen-bond donors (Lipinski definition) is 2. The fraction of sp³-hybridized carbons (Fsp3) is 0.450. The Hall–Kier alpha value is -3.23. The van der Waals surface area contributed by atoms with E-state index in [1.807, 2.05) is 28.9 Å². The lowest BCUT2D eigenvalue weighted by Gasteiger charge is -2.38. The van der Waals surface area contributed by atoms with Crippen molar-refractivity contribution in [1.29, 1.82) is 0 Å². The van der Waals surface area contributed by atoms with Crippen LogP contribution < -0.4 is 0 Å². The zero-order valence-electron chi connectivity index (χ0n) is 16.4. The zero-order chi connectivity index (χ0) is 20.9. The van der Waals surface area contributed by atoms with E-state index >= 15 is 0 Å². The Labute approximate surface area is 168 Å². The van der Waals surface area contributed by atoms with Gasteiger partial charge in [0.2, 0.25) is 5.91 Å². The Balaban J connectivity index is 0.000000755. The van der Waals surface area contributed by atoms with Gasteiger partial charge in [0.1, 0.15) is 5.69 Å². The minimum Gasteiger partial charge on any atom is -0.483 e. The first-order valence-corrected chi connectivity index (χ1v) is 9.52. The topological polar surface area (TPSA) is 119 Å². The Morgan fingerprint density at radius 1 is 1.31 bits per heavy atom. The van der Waals surface area contributed by atoms with Crippen LogP contribution in [0.25, 0.3) is 0 Å². The predicted octanol–water partition coefficient (Wildman–Crippen LogP) is 1.47. The maximum atomic E-state index is 12.5. The lowest BCUT2D eigenvalue weighted by Crippen LogP contribution is -2.44. The van der Waals surface area contributed by atoms with Crippen molar-refractivity contribution in [3.8, 4) is 0 Å². The van der Waals surface area contributed by atoms with Gasteiger partial charge in [0.15, 0.2) is 0 Å². The Morgan fingerprint density at radius 3 is 2.55 bits per heavy atom. The first-order chi connectivity index (χ1) is 14.0. The number of rotatable bonds is 3. The number of hydrogen-bond acceptors (Lipinski definition) is 5. The Kier molecular flexibility index (Phi) is 6.26. The van der Waals surface area contributed by atoms with E-state index in [0.29, 0.717) is 31.7 Å². The molecule has 2 aliphatic heterocycles. The molecule has 2 fully saturated rings. The maximum absolute atomic E-state index is 12.5. The van der Waals surface area contributed by atoms with E-state index in [0.717, 1.165) is 30.6 Å². The molecule has 2 aromatic heterocycles. The van der Waals surface area contributed by atoms with Crippen LogP contribution in [0.3, 0.4) is 0 Å². The average Bonchev–Trinajstić information content (AvgIpc) is 3.27. The fourth-order valence-electron chi connectivity index (χ4n) is 4.04. The molecule has 4 heterocycles. The van der Waals surface area contributed by atoms with Gasteiger partial charge in [-0.15, -0.1) is 0 Å². The van der Waals surface area contributed by atoms with E-state index in [1.165, 1.54) is 0 Å². The summed E-state index contributed by atoms with van der Waals surface area (Å²) < 4.78 is 0. The molecule has 0 unspecified atom stereocenters. The third-order valence-corrected chi connectivity index (χ3v) is 5.56. The van der Waals surface area contributed by atoms with E-state index in [2.05, 4.69) is 15.2 Å². The molecule has 154 valence electrons. The van der Waals surface area contributed by atoms with Gasteiger partial charge in [-0.25, -0.2) is 0 Å². The molecule has 0 aliphatic carbocycles. The molecular weight excluding hydrogens is 374 g/mol. The fourth-order valence-corrected chi connectivity index (χ4v) is 4.04. The summed E-state index contributed by atoms with van der Waals surface area (Å²) in [5.74, 6) is 0.187. The van der Waals surface area contributed by atoms with Crippen molar-refractivity contribution in [2.45, 2.75) is 32.7 Å². The van der Waals surface area contributed by atoms with Crippen molar-refractivity contribution in [2.24, 2.45) is 5.41 Å². The molecule has 9 heteroatoms. The number of carbonyl (C=O) groups is 3. The van der Waals surface area contributed by atoms with Crippen LogP contribution in [0.15, 0.2) is 30.6 Å². The second-order valence-corrected chi connectivity index (χ2v) is 7.62. The molecule has 0 bridgehead atoms. The summed E-state index contributed by atoms with van der Waals surface area (Å²) >= 11 is 0. The van der Waals surface area contributed by atoms with E-state index in [1.54, 1.807) is 18.5 Å². The second-order valence-electron chi connectivity index (χ2n) is 7.62. The number of nitrogens with one attached hydrogen (secondary N) is 1. The zero-order valence-corrected chi connectivity index (χ0v) is 16.4. The summed E-state index contributed by atoms with van der Waals surface area (Å²) in [4.78, 5) is 41.2. The third-order valence-electron chi connectivity index (χ3n) is 5.56. The van der Waals surface area contributed by atoms with Crippen molar-refractivity contribution in [3.05, 3.63) is 47.5 Å². The summed E-state index contributed by atoms with van der Waals surface area (Å²) in [5, 5.41) is 13.8. The number of carboxylic acid groups (broad SMARTS) is 1. The van der Waals surface area contributed by atoms with Gasteiger partial charge in [0.05, 0.1) is 0 Å². The number of aryl methyl sites for hydroxylation is 1. The largest absolute Gasteiger partial charge is 0.483 e. The molecule has 9 nitrogen and oxygen atoms in total. The molecule has 2 aliphatic rings. The van der Waals surface area contributed by atoms with Crippen LogP contribution in [0.1, 0.15) is 41.0 Å². The molecule has 0 saturated carbocycles. The van der Waals surface area contributed by atoms with Gasteiger partial charge in [-0.2, -0.15) is 5.10 Å². The minimum absolute atomic E-state index is 0.00237. The molecule has 2 N–H and O–H groups in total. The highest BCUT2D eigenvalue weighted by Crippen LogP contribution is 2.41. The summed E-state index contributed by atoms with van der Waals surface area (Å²) in [7, 11) is 0. The highest BCUT2D eigenvalue weighted by atomic mass is 16.3. The normalized spacial score (nSPS) is 17.8. The number of nitrogens with zero attached hydrogens (tertiary/aromatic N) is 4. The molecule has 2 aromatic rings. The summed E-state index contributed by atoms with van der Waals surface area (Å²) in [6, 6.07) is 5.68. The molecule has 1 spiro atoms. The molecule has 29 heavy (non-hydrogen) atoms. The SMILES string of the molecule is Cc1cc(C(=O)N2CCC3(CC2)CC(=O)N(Cc2ccncc2)C3)n[nH]1.O=CO. The minimum atomic E-state index is -0.250. The highest BCUT2D eigenvalue weighted by Gasteiger charge is 2.45. The number of amides is 2. The van der Waals surface area contributed by atoms with E-state index < -0.39 is 0 Å². The standard InChI is InChI=1S/C19H23N5O2.CH2O2/c1-14-10-16(22-21-14)18(26)23-8-4-19(5-9-23)11-17(25)24(13-19)12-15-2-6-20-7-3-15;2-1-3/h2-3,6-7,10H,4-5,8-9,11-13H2,1H3,(H,21,22);1H,(H,2,3). The van der Waals surface area contributed by atoms with Gasteiger partial charge < -0.3 is 14.9 Å². The molecule has 0 aromatic carbocycles. The number of aromatic nitrogens is 3. The average molecular weight is 399 g/mol. The van der Waals surface area contributed by atoms with Gasteiger partial charge >= 0.3 is 0 Å². The number of H-pyrrole nitrogens is 1. The first-order valence-electron chi connectivity index (χ1n) is 9.52. The van der Waals surface area contributed by atoms with Gasteiger partial charge in [0.25, 0.3) is 12.4 Å². The lowest BCUT2D eigenvalue weighted by molar-refractivity contribution is -0.128. The number of aromatic amines is 1. The van der Waals surface area contributed by atoms with Gasteiger partial charge in [-0.05, 0) is 43.5 Å². The van der Waals surface area contributed by atoms with Gasteiger partial charge in [0, 0.05) is 56.1 Å². The number of pyridine rings is 1. The van der Waals surface area contributed by atoms with Crippen LogP contribution >= 0.6 is 0 Å². The smallest absolute Gasteiger partial charge is 0.290 e. The summed E-state index contributed by atoms with van der Waals surface area (Å²) in [6.45, 7) is 4.41. The summed E-state index contributed by atoms with van der Waals surface area (Å²) in [6.07, 6.45) is 5.82. The van der Waals surface area contributed by atoms with Crippen LogP contribution in [-0.2, 0) is 16.1 Å². The number of likely N-dealkylation sites (tertiary alicyclic amines) is 2. The van der Waals surface area contributed by atoms with E-state index in [4.69, 9.17) is 9.90 Å². The van der Waals surface area contributed by atoms with E-state index in [9.17, 15) is 9.59 Å². The summed E-state index contributed by atoms with van der Waals surface area (Å²) in [5.41, 5.74) is 2.46. The van der Waals surface area contributed by atoms with Crippen LogP contribution in [0, 0.1) is 12.3 Å². The molecular formula is C20H25N5O4. The monoisotopic (exact) mass is 399 g/mol. The van der Waals surface area contributed by atoms with Gasteiger partial charge in [-0.3, -0.25) is 24.5 Å². The van der Waals surface area contributed by atoms with E-state index in [-0.39, 0.29) is 23.7 Å². The van der Waals surface area contributed by atoms with Crippen LogP contribution in [0.2, 0.25) is 0 Å². The molecule has 4 rings (SSSR count). The van der Waals surface area contributed by atoms with Crippen molar-refractivity contribution >= 4 is 18.3 Å². The van der Waals surface area contributed by atoms with Gasteiger partial charge in [-0.1, -0.05) is 0 Å². The van der Waals surface area contributed by atoms with Crippen LogP contribution in [-0.4, -0.2) is 68.0 Å². The molecule has 0 radical (unpaired) electrons. The molecule has 0 atom stereocenters. The third kappa shape index (κ3) is 4.79. The number of piperidine rings is 1. The quantitative estimate of drug-likeness (QED) is 0.754. The van der Waals surface area contributed by atoms with Crippen LogP contribution in [0.4, 0.5) is 0 Å². The molecule has 2 amide bonds. The van der Waals surface area contributed by atoms with Crippen molar-refractivity contribution < 1.29 is 19.5 Å². The maximum Gasteiger partial charge on any atom is 0.290 e. The lowest BCUT2D eigenvalue weighted by atomic mass is 9.77. The Bertz CT molecular complexity index is 859.